The Morgan fingerprint density at radius 1 is 0.229 bits per heavy atom. The fourth-order valence-electron chi connectivity index (χ4n) is 11.4. The number of hydrogen-bond acceptors (Lipinski definition) is 6. The minimum Gasteiger partial charge on any atom is -0.462 e. The zero-order valence-electron chi connectivity index (χ0n) is 56.2. The van der Waals surface area contributed by atoms with Crippen molar-refractivity contribution in [3.05, 3.63) is 36.5 Å². The van der Waals surface area contributed by atoms with Crippen LogP contribution in [0.3, 0.4) is 0 Å². The summed E-state index contributed by atoms with van der Waals surface area (Å²) < 4.78 is 17.0. The number of ether oxygens (including phenoxy) is 3. The van der Waals surface area contributed by atoms with Gasteiger partial charge in [-0.15, -0.1) is 0 Å². The van der Waals surface area contributed by atoms with Crippen molar-refractivity contribution >= 4 is 17.9 Å². The first-order chi connectivity index (χ1) is 41.0. The second kappa shape index (κ2) is 72.1. The van der Waals surface area contributed by atoms with Gasteiger partial charge in [0, 0.05) is 19.3 Å². The lowest BCUT2D eigenvalue weighted by molar-refractivity contribution is -0.167. The summed E-state index contributed by atoms with van der Waals surface area (Å²) in [5.74, 6) is -0.851. The molecule has 0 saturated heterocycles. The number of hydrogen-bond donors (Lipinski definition) is 0. The number of esters is 3. The SMILES string of the molecule is CCCC/C=C\CCCCCCCC(=O)OCC(COC(=O)CCCCCCCCCCCCCCCCCCC/C=C\CCCCCCCCCC)OC(=O)CCCCCCCCCCCCCCC/C=C\CCCCCCCCCC. The highest BCUT2D eigenvalue weighted by Gasteiger charge is 2.20. The van der Waals surface area contributed by atoms with E-state index in [1.165, 1.54) is 315 Å². The number of allylic oxidation sites excluding steroid dienone is 6. The van der Waals surface area contributed by atoms with Gasteiger partial charge in [-0.05, 0) is 89.9 Å². The Hall–Kier alpha value is -2.37. The normalized spacial score (nSPS) is 12.2. The van der Waals surface area contributed by atoms with Gasteiger partial charge in [0.15, 0.2) is 6.10 Å². The van der Waals surface area contributed by atoms with Crippen LogP contribution < -0.4 is 0 Å². The van der Waals surface area contributed by atoms with E-state index in [1.807, 2.05) is 0 Å². The summed E-state index contributed by atoms with van der Waals surface area (Å²) in [6, 6.07) is 0. The van der Waals surface area contributed by atoms with E-state index in [0.29, 0.717) is 19.3 Å². The molecule has 83 heavy (non-hydrogen) atoms. The van der Waals surface area contributed by atoms with E-state index < -0.39 is 6.10 Å². The number of rotatable bonds is 70. The van der Waals surface area contributed by atoms with Crippen molar-refractivity contribution in [2.75, 3.05) is 13.2 Å². The van der Waals surface area contributed by atoms with Crippen molar-refractivity contribution in [3.8, 4) is 0 Å². The molecule has 0 aliphatic rings. The Kier molecular flexibility index (Phi) is 70.0. The van der Waals surface area contributed by atoms with Crippen molar-refractivity contribution in [1.82, 2.24) is 0 Å². The molecule has 1 atom stereocenters. The van der Waals surface area contributed by atoms with Gasteiger partial charge in [-0.25, -0.2) is 0 Å². The molecule has 488 valence electrons. The number of carbonyl (C=O) groups excluding carboxylic acids is 3. The number of unbranched alkanes of at least 4 members (excludes halogenated alkanes) is 53. The molecule has 6 nitrogen and oxygen atoms in total. The van der Waals surface area contributed by atoms with Gasteiger partial charge in [0.1, 0.15) is 13.2 Å². The zero-order valence-corrected chi connectivity index (χ0v) is 56.2. The third kappa shape index (κ3) is 70.3. The topological polar surface area (TPSA) is 78.9 Å². The Balaban J connectivity index is 4.13. The third-order valence-corrected chi connectivity index (χ3v) is 17.1. The van der Waals surface area contributed by atoms with Crippen LogP contribution in [-0.4, -0.2) is 37.2 Å². The first kappa shape index (κ1) is 80.6. The highest BCUT2D eigenvalue weighted by Crippen LogP contribution is 2.19. The molecule has 0 heterocycles. The summed E-state index contributed by atoms with van der Waals surface area (Å²) in [6.45, 7) is 6.67. The van der Waals surface area contributed by atoms with Crippen molar-refractivity contribution in [2.45, 2.75) is 425 Å². The maximum absolute atomic E-state index is 13.0. The molecule has 0 fully saturated rings. The van der Waals surface area contributed by atoms with Crippen LogP contribution in [0.15, 0.2) is 36.5 Å². The molecule has 0 aliphatic carbocycles. The lowest BCUT2D eigenvalue weighted by atomic mass is 10.0. The predicted molar refractivity (Wildman–Crippen MR) is 362 cm³/mol. The molecule has 1 unspecified atom stereocenters. The largest absolute Gasteiger partial charge is 0.462 e. The molecule has 0 N–H and O–H groups in total. The second-order valence-corrected chi connectivity index (χ2v) is 25.6. The molecule has 0 saturated carbocycles. The summed E-state index contributed by atoms with van der Waals surface area (Å²) >= 11 is 0. The average molecular weight is 1170 g/mol. The second-order valence-electron chi connectivity index (χ2n) is 25.6. The smallest absolute Gasteiger partial charge is 0.306 e. The summed E-state index contributed by atoms with van der Waals surface area (Å²) in [7, 11) is 0. The monoisotopic (exact) mass is 1170 g/mol. The third-order valence-electron chi connectivity index (χ3n) is 17.1. The van der Waals surface area contributed by atoms with E-state index in [2.05, 4.69) is 57.2 Å². The molecule has 0 aromatic heterocycles. The molecule has 0 bridgehead atoms. The van der Waals surface area contributed by atoms with Gasteiger partial charge in [-0.3, -0.25) is 14.4 Å². The summed E-state index contributed by atoms with van der Waals surface area (Å²) in [4.78, 5) is 38.4. The number of carbonyl (C=O) groups is 3. The molecule has 6 heteroatoms. The summed E-state index contributed by atoms with van der Waals surface area (Å²) in [5, 5.41) is 0. The molecule has 0 aromatic rings. The van der Waals surface area contributed by atoms with Crippen LogP contribution in [0, 0.1) is 0 Å². The fraction of sp³-hybridized carbons (Fsp3) is 0.883. The van der Waals surface area contributed by atoms with Crippen molar-refractivity contribution in [3.63, 3.8) is 0 Å². The van der Waals surface area contributed by atoms with E-state index in [1.54, 1.807) is 0 Å². The van der Waals surface area contributed by atoms with Crippen LogP contribution in [0.2, 0.25) is 0 Å². The van der Waals surface area contributed by atoms with Gasteiger partial charge in [0.05, 0.1) is 0 Å². The maximum Gasteiger partial charge on any atom is 0.306 e. The Morgan fingerprint density at radius 3 is 0.639 bits per heavy atom. The molecule has 0 radical (unpaired) electrons. The Bertz CT molecular complexity index is 1380. The van der Waals surface area contributed by atoms with Gasteiger partial charge in [-0.1, -0.05) is 346 Å². The molecule has 0 rings (SSSR count). The lowest BCUT2D eigenvalue weighted by Crippen LogP contribution is -2.30. The maximum atomic E-state index is 13.0. The quantitative estimate of drug-likeness (QED) is 0.0261. The Labute approximate surface area is 518 Å². The van der Waals surface area contributed by atoms with Gasteiger partial charge in [0.25, 0.3) is 0 Å². The molecular formula is C77H144O6. The van der Waals surface area contributed by atoms with E-state index in [0.717, 1.165) is 64.2 Å². The van der Waals surface area contributed by atoms with Crippen LogP contribution >= 0.6 is 0 Å². The Morgan fingerprint density at radius 2 is 0.410 bits per heavy atom. The summed E-state index contributed by atoms with van der Waals surface area (Å²) in [5.41, 5.74) is 0. The van der Waals surface area contributed by atoms with Gasteiger partial charge >= 0.3 is 17.9 Å². The molecule has 0 aliphatic heterocycles. The van der Waals surface area contributed by atoms with E-state index in [4.69, 9.17) is 14.2 Å². The van der Waals surface area contributed by atoms with Gasteiger partial charge < -0.3 is 14.2 Å². The molecule has 0 aromatic carbocycles. The van der Waals surface area contributed by atoms with Crippen molar-refractivity contribution in [1.29, 1.82) is 0 Å². The van der Waals surface area contributed by atoms with Crippen molar-refractivity contribution in [2.24, 2.45) is 0 Å². The van der Waals surface area contributed by atoms with Crippen LogP contribution in [0.25, 0.3) is 0 Å². The minimum atomic E-state index is -0.774. The van der Waals surface area contributed by atoms with Crippen LogP contribution in [0.4, 0.5) is 0 Å². The van der Waals surface area contributed by atoms with Crippen LogP contribution in [-0.2, 0) is 28.6 Å². The molecule has 0 amide bonds. The highest BCUT2D eigenvalue weighted by molar-refractivity contribution is 5.71. The molecular weight excluding hydrogens is 1020 g/mol. The standard InChI is InChI=1S/C77H144O6/c1-4-7-10-13-16-19-22-24-26-28-30-32-34-36-37-38-39-41-42-44-46-48-50-52-55-58-61-64-67-70-76(79)82-73-74(72-81-75(78)69-66-63-60-57-54-21-18-15-12-9-6-3)83-77(80)71-68-65-62-59-56-53-51-49-47-45-43-40-35-33-31-29-27-25-23-20-17-14-11-8-5-2/h15,18,28-31,74H,4-14,16-17,19-27,32-73H2,1-3H3/b18-15-,30-28-,31-29-. The lowest BCUT2D eigenvalue weighted by Gasteiger charge is -2.18. The first-order valence-electron chi connectivity index (χ1n) is 37.5. The fourth-order valence-corrected chi connectivity index (χ4v) is 11.4. The van der Waals surface area contributed by atoms with Crippen molar-refractivity contribution < 1.29 is 28.6 Å². The molecule has 0 spiro atoms. The first-order valence-corrected chi connectivity index (χ1v) is 37.5. The van der Waals surface area contributed by atoms with Gasteiger partial charge in [-0.2, -0.15) is 0 Å². The van der Waals surface area contributed by atoms with Gasteiger partial charge in [0.2, 0.25) is 0 Å². The van der Waals surface area contributed by atoms with Crippen LogP contribution in [0.1, 0.15) is 419 Å². The predicted octanol–water partition coefficient (Wildman–Crippen LogP) is 25.9. The van der Waals surface area contributed by atoms with E-state index >= 15 is 0 Å². The zero-order chi connectivity index (χ0) is 59.9. The van der Waals surface area contributed by atoms with Crippen LogP contribution in [0.5, 0.6) is 0 Å². The average Bonchev–Trinajstić information content (AvgIpc) is 3.48. The van der Waals surface area contributed by atoms with E-state index in [9.17, 15) is 14.4 Å². The minimum absolute atomic E-state index is 0.0699. The van der Waals surface area contributed by atoms with E-state index in [-0.39, 0.29) is 31.1 Å². The summed E-state index contributed by atoms with van der Waals surface area (Å²) in [6.07, 6.45) is 90.6. The highest BCUT2D eigenvalue weighted by atomic mass is 16.6.